The summed E-state index contributed by atoms with van der Waals surface area (Å²) in [5, 5.41) is 18.4. The number of phenols is 1. The summed E-state index contributed by atoms with van der Waals surface area (Å²) in [5.74, 6) is -1.95. The van der Waals surface area contributed by atoms with E-state index in [9.17, 15) is 14.3 Å². The number of halogens is 1. The van der Waals surface area contributed by atoms with E-state index in [0.717, 1.165) is 0 Å². The highest BCUT2D eigenvalue weighted by molar-refractivity contribution is 5.92. The van der Waals surface area contributed by atoms with Crippen LogP contribution in [0, 0.1) is 12.7 Å². The van der Waals surface area contributed by atoms with Crippen molar-refractivity contribution in [2.24, 2.45) is 0 Å². The van der Waals surface area contributed by atoms with Gasteiger partial charge in [0.1, 0.15) is 22.8 Å². The number of aromatic nitrogens is 1. The highest BCUT2D eigenvalue weighted by atomic mass is 19.1. The number of carbonyl (C=O) groups is 1. The van der Waals surface area contributed by atoms with Gasteiger partial charge in [-0.25, -0.2) is 14.2 Å². The van der Waals surface area contributed by atoms with E-state index in [1.807, 2.05) is 0 Å². The van der Waals surface area contributed by atoms with Crippen molar-refractivity contribution in [3.63, 3.8) is 0 Å². The molecule has 2 N–H and O–H groups in total. The number of rotatable bonds is 1. The molecule has 82 valence electrons. The van der Waals surface area contributed by atoms with E-state index < -0.39 is 11.8 Å². The molecule has 0 aliphatic heterocycles. The lowest BCUT2D eigenvalue weighted by Gasteiger charge is -2.05. The molecule has 1 aromatic carbocycles. The number of phenolic OH excluding ortho intramolecular Hbond substituents is 1. The van der Waals surface area contributed by atoms with Crippen molar-refractivity contribution in [2.45, 2.75) is 6.92 Å². The fourth-order valence-electron chi connectivity index (χ4n) is 1.50. The third-order valence-corrected chi connectivity index (χ3v) is 2.29. The van der Waals surface area contributed by atoms with Crippen molar-refractivity contribution >= 4 is 16.9 Å². The average molecular weight is 221 g/mol. The first-order valence-electron chi connectivity index (χ1n) is 4.53. The van der Waals surface area contributed by atoms with Gasteiger partial charge in [-0.1, -0.05) is 0 Å². The van der Waals surface area contributed by atoms with Crippen molar-refractivity contribution in [1.82, 2.24) is 4.98 Å². The van der Waals surface area contributed by atoms with Crippen molar-refractivity contribution < 1.29 is 19.4 Å². The number of carboxylic acid groups (broad SMARTS) is 1. The fourth-order valence-corrected chi connectivity index (χ4v) is 1.50. The summed E-state index contributed by atoms with van der Waals surface area (Å²) in [6, 6.07) is 3.72. The summed E-state index contributed by atoms with van der Waals surface area (Å²) in [7, 11) is 0. The van der Waals surface area contributed by atoms with Gasteiger partial charge in [-0.15, -0.1) is 0 Å². The molecule has 4 nitrogen and oxygen atoms in total. The standard InChI is InChI=1S/C11H8FNO3/c1-5-4-8(14)10-6(9(5)12)2-3-7(13-10)11(15)16/h2-4,14H,1H3,(H,15,16). The monoisotopic (exact) mass is 221 g/mol. The Morgan fingerprint density at radius 3 is 2.75 bits per heavy atom. The molecule has 1 heterocycles. The van der Waals surface area contributed by atoms with Crippen LogP contribution in [0.2, 0.25) is 0 Å². The number of hydrogen-bond acceptors (Lipinski definition) is 3. The minimum Gasteiger partial charge on any atom is -0.506 e. The lowest BCUT2D eigenvalue weighted by Crippen LogP contribution is -2.00. The minimum absolute atomic E-state index is 0.0389. The van der Waals surface area contributed by atoms with Gasteiger partial charge in [0.2, 0.25) is 0 Å². The molecule has 2 aromatic rings. The van der Waals surface area contributed by atoms with Crippen LogP contribution in [0.4, 0.5) is 4.39 Å². The van der Waals surface area contributed by atoms with E-state index in [2.05, 4.69) is 4.98 Å². The van der Waals surface area contributed by atoms with Crippen molar-refractivity contribution in [2.75, 3.05) is 0 Å². The van der Waals surface area contributed by atoms with Crippen molar-refractivity contribution in [3.8, 4) is 5.75 Å². The van der Waals surface area contributed by atoms with Gasteiger partial charge in [-0.3, -0.25) is 0 Å². The Morgan fingerprint density at radius 2 is 2.12 bits per heavy atom. The number of aromatic hydroxyl groups is 1. The molecular formula is C11H8FNO3. The predicted molar refractivity (Wildman–Crippen MR) is 55.1 cm³/mol. The molecule has 0 fully saturated rings. The molecule has 0 unspecified atom stereocenters. The topological polar surface area (TPSA) is 70.4 Å². The fraction of sp³-hybridized carbons (Fsp3) is 0.0909. The summed E-state index contributed by atoms with van der Waals surface area (Å²) in [5.41, 5.74) is 0.0175. The third-order valence-electron chi connectivity index (χ3n) is 2.29. The van der Waals surface area contributed by atoms with E-state index in [4.69, 9.17) is 5.11 Å². The van der Waals surface area contributed by atoms with Crippen molar-refractivity contribution in [1.29, 1.82) is 0 Å². The van der Waals surface area contributed by atoms with E-state index in [1.54, 1.807) is 0 Å². The lowest BCUT2D eigenvalue weighted by atomic mass is 10.1. The minimum atomic E-state index is -1.22. The van der Waals surface area contributed by atoms with Crippen LogP contribution < -0.4 is 0 Å². The number of aromatic carboxylic acids is 1. The molecule has 0 aliphatic rings. The summed E-state index contributed by atoms with van der Waals surface area (Å²) in [4.78, 5) is 14.4. The number of benzene rings is 1. The Kier molecular flexibility index (Phi) is 2.23. The van der Waals surface area contributed by atoms with Crippen LogP contribution in [-0.2, 0) is 0 Å². The number of fused-ring (bicyclic) bond motifs is 1. The van der Waals surface area contributed by atoms with Crippen LogP contribution >= 0.6 is 0 Å². The van der Waals surface area contributed by atoms with Gasteiger partial charge in [-0.2, -0.15) is 0 Å². The molecule has 0 amide bonds. The Bertz CT molecular complexity index is 595. The number of pyridine rings is 1. The first kappa shape index (κ1) is 10.4. The zero-order valence-corrected chi connectivity index (χ0v) is 8.36. The maximum absolute atomic E-state index is 13.6. The van der Waals surface area contributed by atoms with Gasteiger partial charge in [0.25, 0.3) is 0 Å². The van der Waals surface area contributed by atoms with Gasteiger partial charge in [-0.05, 0) is 30.7 Å². The first-order chi connectivity index (χ1) is 7.50. The van der Waals surface area contributed by atoms with E-state index in [1.165, 1.54) is 25.1 Å². The Morgan fingerprint density at radius 1 is 1.44 bits per heavy atom. The van der Waals surface area contributed by atoms with Gasteiger partial charge in [0.05, 0.1) is 0 Å². The Balaban J connectivity index is 2.84. The maximum atomic E-state index is 13.6. The SMILES string of the molecule is Cc1cc(O)c2nc(C(=O)O)ccc2c1F. The second kappa shape index (κ2) is 3.44. The number of nitrogens with zero attached hydrogens (tertiary/aromatic N) is 1. The van der Waals surface area contributed by atoms with Crippen LogP contribution in [0.3, 0.4) is 0 Å². The molecular weight excluding hydrogens is 213 g/mol. The number of carboxylic acids is 1. The number of aryl methyl sites for hydroxylation is 1. The van der Waals surface area contributed by atoms with Gasteiger partial charge >= 0.3 is 5.97 Å². The highest BCUT2D eigenvalue weighted by Gasteiger charge is 2.13. The summed E-state index contributed by atoms with van der Waals surface area (Å²) < 4.78 is 13.6. The molecule has 1 aromatic heterocycles. The van der Waals surface area contributed by atoms with E-state index in [0.29, 0.717) is 0 Å². The van der Waals surface area contributed by atoms with Gasteiger partial charge in [0, 0.05) is 5.39 Å². The van der Waals surface area contributed by atoms with Gasteiger partial charge < -0.3 is 10.2 Å². The third kappa shape index (κ3) is 1.46. The maximum Gasteiger partial charge on any atom is 0.354 e. The molecule has 0 saturated heterocycles. The Hall–Kier alpha value is -2.17. The summed E-state index contributed by atoms with van der Waals surface area (Å²) in [6.07, 6.45) is 0. The molecule has 0 spiro atoms. The normalized spacial score (nSPS) is 10.6. The second-order valence-corrected chi connectivity index (χ2v) is 3.42. The van der Waals surface area contributed by atoms with Crippen LogP contribution in [-0.4, -0.2) is 21.2 Å². The van der Waals surface area contributed by atoms with Crippen LogP contribution in [0.15, 0.2) is 18.2 Å². The van der Waals surface area contributed by atoms with Gasteiger partial charge in [0.15, 0.2) is 0 Å². The smallest absolute Gasteiger partial charge is 0.354 e. The molecule has 2 rings (SSSR count). The quantitative estimate of drug-likeness (QED) is 0.773. The molecule has 5 heteroatoms. The Labute approximate surface area is 90.0 Å². The molecule has 0 radical (unpaired) electrons. The first-order valence-corrected chi connectivity index (χ1v) is 4.53. The molecule has 0 saturated carbocycles. The zero-order valence-electron chi connectivity index (χ0n) is 8.36. The second-order valence-electron chi connectivity index (χ2n) is 3.42. The van der Waals surface area contributed by atoms with Crippen LogP contribution in [0.1, 0.15) is 16.1 Å². The highest BCUT2D eigenvalue weighted by Crippen LogP contribution is 2.28. The largest absolute Gasteiger partial charge is 0.506 e. The molecule has 0 aliphatic carbocycles. The molecule has 16 heavy (non-hydrogen) atoms. The van der Waals surface area contributed by atoms with E-state index >= 15 is 0 Å². The van der Waals surface area contributed by atoms with Crippen molar-refractivity contribution in [3.05, 3.63) is 35.3 Å². The van der Waals surface area contributed by atoms with E-state index in [-0.39, 0.29) is 27.9 Å². The van der Waals surface area contributed by atoms with Crippen LogP contribution in [0.5, 0.6) is 5.75 Å². The zero-order chi connectivity index (χ0) is 11.9. The predicted octanol–water partition coefficient (Wildman–Crippen LogP) is 2.09. The lowest BCUT2D eigenvalue weighted by molar-refractivity contribution is 0.0691. The summed E-state index contributed by atoms with van der Waals surface area (Å²) in [6.45, 7) is 1.51. The molecule has 0 bridgehead atoms. The molecule has 0 atom stereocenters. The average Bonchev–Trinajstić information content (AvgIpc) is 2.25. The van der Waals surface area contributed by atoms with Crippen LogP contribution in [0.25, 0.3) is 10.9 Å². The number of hydrogen-bond donors (Lipinski definition) is 2. The summed E-state index contributed by atoms with van der Waals surface area (Å²) >= 11 is 0.